The van der Waals surface area contributed by atoms with E-state index in [-0.39, 0.29) is 12.1 Å². The summed E-state index contributed by atoms with van der Waals surface area (Å²) in [4.78, 5) is 13.5. The summed E-state index contributed by atoms with van der Waals surface area (Å²) in [5.41, 5.74) is 9.46. The van der Waals surface area contributed by atoms with Crippen LogP contribution in [0.2, 0.25) is 0 Å². The number of hydrogen-bond donors (Lipinski definition) is 1. The maximum absolute atomic E-state index is 10.9. The molecule has 0 saturated heterocycles. The van der Waals surface area contributed by atoms with Crippen molar-refractivity contribution in [1.82, 2.24) is 0 Å². The van der Waals surface area contributed by atoms with Crippen molar-refractivity contribution in [1.29, 1.82) is 0 Å². The van der Waals surface area contributed by atoms with Crippen LogP contribution in [0, 0.1) is 18.8 Å². The molecule has 0 radical (unpaired) electrons. The molecule has 0 atom stereocenters. The Labute approximate surface area is 92.3 Å². The van der Waals surface area contributed by atoms with Gasteiger partial charge in [0.1, 0.15) is 0 Å². The van der Waals surface area contributed by atoms with E-state index in [1.165, 1.54) is 6.07 Å². The zero-order valence-corrected chi connectivity index (χ0v) is 8.64. The van der Waals surface area contributed by atoms with Crippen molar-refractivity contribution < 1.29 is 9.90 Å². The topological polar surface area (TPSA) is 86.1 Å². The van der Waals surface area contributed by atoms with Crippen LogP contribution < -0.4 is 0 Å². The van der Waals surface area contributed by atoms with Gasteiger partial charge in [-0.15, -0.1) is 0 Å². The van der Waals surface area contributed by atoms with Crippen molar-refractivity contribution in [3.05, 3.63) is 45.3 Å². The van der Waals surface area contributed by atoms with Crippen LogP contribution in [-0.4, -0.2) is 17.6 Å². The van der Waals surface area contributed by atoms with Gasteiger partial charge in [-0.2, -0.15) is 0 Å². The molecule has 0 amide bonds. The zero-order valence-electron chi connectivity index (χ0n) is 8.64. The average molecular weight is 215 g/mol. The molecule has 1 rings (SSSR count). The van der Waals surface area contributed by atoms with E-state index < -0.39 is 5.97 Å². The quantitative estimate of drug-likeness (QED) is 0.355. The van der Waals surface area contributed by atoms with Gasteiger partial charge >= 0.3 is 5.97 Å². The van der Waals surface area contributed by atoms with Gasteiger partial charge in [0.25, 0.3) is 0 Å². The van der Waals surface area contributed by atoms with E-state index in [0.717, 1.165) is 5.56 Å². The third-order valence-corrected chi connectivity index (χ3v) is 1.93. The van der Waals surface area contributed by atoms with Crippen LogP contribution >= 0.6 is 0 Å². The highest BCUT2D eigenvalue weighted by molar-refractivity contribution is 5.91. The largest absolute Gasteiger partial charge is 0.478 e. The molecule has 1 N–H and O–H groups in total. The van der Waals surface area contributed by atoms with Gasteiger partial charge in [0.2, 0.25) is 0 Å². The average Bonchev–Trinajstić information content (AvgIpc) is 2.25. The van der Waals surface area contributed by atoms with E-state index in [4.69, 9.17) is 10.6 Å². The van der Waals surface area contributed by atoms with Crippen molar-refractivity contribution in [2.24, 2.45) is 5.11 Å². The molecule has 0 bridgehead atoms. The summed E-state index contributed by atoms with van der Waals surface area (Å²) in [6.07, 6.45) is 0. The summed E-state index contributed by atoms with van der Waals surface area (Å²) >= 11 is 0. The summed E-state index contributed by atoms with van der Waals surface area (Å²) in [5, 5.41) is 12.2. The third kappa shape index (κ3) is 2.77. The van der Waals surface area contributed by atoms with Gasteiger partial charge in [-0.05, 0) is 24.1 Å². The van der Waals surface area contributed by atoms with E-state index in [2.05, 4.69) is 21.9 Å². The van der Waals surface area contributed by atoms with Crippen molar-refractivity contribution in [3.63, 3.8) is 0 Å². The number of hydrogen-bond acceptors (Lipinski definition) is 2. The number of carboxylic acids is 1. The minimum atomic E-state index is -1.02. The molecule has 0 heterocycles. The minimum absolute atomic E-state index is 0.0316. The lowest BCUT2D eigenvalue weighted by Crippen LogP contribution is -2.01. The van der Waals surface area contributed by atoms with Gasteiger partial charge in [-0.25, -0.2) is 4.79 Å². The lowest BCUT2D eigenvalue weighted by Gasteiger charge is -2.01. The first-order valence-corrected chi connectivity index (χ1v) is 4.49. The number of carboxylic acid groups (broad SMARTS) is 1. The lowest BCUT2D eigenvalue weighted by atomic mass is 10.0. The van der Waals surface area contributed by atoms with Crippen LogP contribution in [0.5, 0.6) is 0 Å². The normalized spacial score (nSPS) is 8.56. The summed E-state index contributed by atoms with van der Waals surface area (Å²) in [6, 6.07) is 4.94. The molecule has 0 aliphatic carbocycles. The second kappa shape index (κ2) is 5.44. The Hall–Kier alpha value is -2.44. The number of carbonyl (C=O) groups is 1. The van der Waals surface area contributed by atoms with Crippen molar-refractivity contribution in [2.45, 2.75) is 6.92 Å². The minimum Gasteiger partial charge on any atom is -0.478 e. The van der Waals surface area contributed by atoms with E-state index in [0.29, 0.717) is 5.56 Å². The molecule has 5 heteroatoms. The van der Waals surface area contributed by atoms with E-state index in [9.17, 15) is 4.79 Å². The van der Waals surface area contributed by atoms with Crippen molar-refractivity contribution >= 4 is 5.97 Å². The van der Waals surface area contributed by atoms with Gasteiger partial charge in [-0.3, -0.25) is 0 Å². The second-order valence-corrected chi connectivity index (χ2v) is 2.99. The zero-order chi connectivity index (χ0) is 12.0. The van der Waals surface area contributed by atoms with Crippen LogP contribution in [0.25, 0.3) is 10.4 Å². The van der Waals surface area contributed by atoms with Crippen LogP contribution in [0.15, 0.2) is 23.3 Å². The lowest BCUT2D eigenvalue weighted by molar-refractivity contribution is 0.0696. The molecule has 80 valence electrons. The highest BCUT2D eigenvalue weighted by atomic mass is 16.4. The summed E-state index contributed by atoms with van der Waals surface area (Å²) in [7, 11) is 0. The van der Waals surface area contributed by atoms with E-state index in [1.54, 1.807) is 19.1 Å². The molecule has 0 aromatic heterocycles. The first-order valence-electron chi connectivity index (χ1n) is 4.49. The molecular weight excluding hydrogens is 206 g/mol. The van der Waals surface area contributed by atoms with Crippen molar-refractivity contribution in [3.8, 4) is 11.8 Å². The van der Waals surface area contributed by atoms with Gasteiger partial charge in [-0.1, -0.05) is 29.1 Å². The molecular formula is C11H9N3O2. The Morgan fingerprint density at radius 1 is 1.62 bits per heavy atom. The highest BCUT2D eigenvalue weighted by Crippen LogP contribution is 2.12. The Morgan fingerprint density at radius 2 is 2.38 bits per heavy atom. The van der Waals surface area contributed by atoms with Gasteiger partial charge in [0.05, 0.1) is 12.1 Å². The Balaban J connectivity index is 3.13. The molecule has 0 fully saturated rings. The fourth-order valence-corrected chi connectivity index (χ4v) is 1.21. The predicted octanol–water partition coefficient (Wildman–Crippen LogP) is 2.36. The monoisotopic (exact) mass is 215 g/mol. The number of azide groups is 1. The molecule has 0 aliphatic rings. The molecule has 0 unspecified atom stereocenters. The first-order chi connectivity index (χ1) is 7.66. The fraction of sp³-hybridized carbons (Fsp3) is 0.182. The first kappa shape index (κ1) is 11.6. The molecule has 0 spiro atoms. The predicted molar refractivity (Wildman–Crippen MR) is 59.0 cm³/mol. The number of aromatic carboxylic acids is 1. The molecule has 0 aliphatic heterocycles. The fourth-order valence-electron chi connectivity index (χ4n) is 1.21. The molecule has 1 aromatic carbocycles. The Bertz CT molecular complexity index is 520. The maximum Gasteiger partial charge on any atom is 0.336 e. The van der Waals surface area contributed by atoms with Crippen LogP contribution in [0.1, 0.15) is 21.5 Å². The summed E-state index contributed by atoms with van der Waals surface area (Å²) in [5.74, 6) is 4.29. The smallest absolute Gasteiger partial charge is 0.336 e. The Kier molecular flexibility index (Phi) is 3.96. The van der Waals surface area contributed by atoms with E-state index >= 15 is 0 Å². The second-order valence-electron chi connectivity index (χ2n) is 2.99. The SMILES string of the molecule is Cc1cccc(C(=O)O)c1C#CCN=[N+]=[N-]. The van der Waals surface area contributed by atoms with Gasteiger partial charge in [0.15, 0.2) is 0 Å². The van der Waals surface area contributed by atoms with Gasteiger partial charge in [0, 0.05) is 10.5 Å². The summed E-state index contributed by atoms with van der Waals surface area (Å²) in [6.45, 7) is 1.81. The molecule has 1 aromatic rings. The number of rotatable bonds is 2. The number of nitrogens with zero attached hydrogens (tertiary/aromatic N) is 3. The number of benzene rings is 1. The molecule has 0 saturated carbocycles. The highest BCUT2D eigenvalue weighted by Gasteiger charge is 2.09. The van der Waals surface area contributed by atoms with Crippen LogP contribution in [0.3, 0.4) is 0 Å². The third-order valence-electron chi connectivity index (χ3n) is 1.93. The van der Waals surface area contributed by atoms with Crippen molar-refractivity contribution in [2.75, 3.05) is 6.54 Å². The van der Waals surface area contributed by atoms with Crippen LogP contribution in [-0.2, 0) is 0 Å². The number of aryl methyl sites for hydroxylation is 1. The van der Waals surface area contributed by atoms with Crippen LogP contribution in [0.4, 0.5) is 0 Å². The standard InChI is InChI=1S/C11H9N3O2/c1-8-4-2-5-10(11(15)16)9(8)6-3-7-13-14-12/h2,4-5H,7H2,1H3,(H,15,16). The van der Waals surface area contributed by atoms with E-state index in [1.807, 2.05) is 0 Å². The molecule has 5 nitrogen and oxygen atoms in total. The maximum atomic E-state index is 10.9. The molecule has 16 heavy (non-hydrogen) atoms. The Morgan fingerprint density at radius 3 is 3.00 bits per heavy atom. The summed E-state index contributed by atoms with van der Waals surface area (Å²) < 4.78 is 0. The van der Waals surface area contributed by atoms with Gasteiger partial charge < -0.3 is 5.11 Å².